The Morgan fingerprint density at radius 1 is 1.38 bits per heavy atom. The highest BCUT2D eigenvalue weighted by molar-refractivity contribution is 9.10. The summed E-state index contributed by atoms with van der Waals surface area (Å²) in [5, 5.41) is 4.42. The van der Waals surface area contributed by atoms with Crippen molar-refractivity contribution >= 4 is 27.5 Å². The summed E-state index contributed by atoms with van der Waals surface area (Å²) < 4.78 is 3.10. The minimum atomic E-state index is 0.199. The van der Waals surface area contributed by atoms with Crippen LogP contribution in [0.15, 0.2) is 4.47 Å². The predicted molar refractivity (Wildman–Crippen MR) is 73.1 cm³/mol. The summed E-state index contributed by atoms with van der Waals surface area (Å²) in [4.78, 5) is 0. The fourth-order valence-electron chi connectivity index (χ4n) is 1.96. The van der Waals surface area contributed by atoms with Gasteiger partial charge in [-0.25, -0.2) is 0 Å². The lowest BCUT2D eigenvalue weighted by Gasteiger charge is -2.29. The number of hydrogen-bond donors (Lipinski definition) is 0. The van der Waals surface area contributed by atoms with Crippen LogP contribution in [0.1, 0.15) is 38.1 Å². The fourth-order valence-corrected chi connectivity index (χ4v) is 2.91. The third-order valence-electron chi connectivity index (χ3n) is 3.59. The number of rotatable bonds is 5. The summed E-state index contributed by atoms with van der Waals surface area (Å²) in [5.74, 6) is 0.705. The Hall–Kier alpha value is -0.0200. The van der Waals surface area contributed by atoms with Crippen molar-refractivity contribution < 1.29 is 0 Å². The van der Waals surface area contributed by atoms with Crippen LogP contribution in [0.4, 0.5) is 0 Å². The number of hydrogen-bond acceptors (Lipinski definition) is 1. The molecule has 0 saturated heterocycles. The van der Waals surface area contributed by atoms with Gasteiger partial charge < -0.3 is 0 Å². The maximum Gasteiger partial charge on any atom is 0.0738 e. The van der Waals surface area contributed by atoms with E-state index < -0.39 is 0 Å². The molecule has 0 bridgehead atoms. The number of alkyl halides is 1. The quantitative estimate of drug-likeness (QED) is 0.750. The van der Waals surface area contributed by atoms with Gasteiger partial charge in [0.2, 0.25) is 0 Å². The molecule has 4 heteroatoms. The monoisotopic (exact) mass is 306 g/mol. The van der Waals surface area contributed by atoms with E-state index in [-0.39, 0.29) is 5.41 Å². The molecule has 0 N–H and O–H groups in total. The topological polar surface area (TPSA) is 17.8 Å². The number of aromatic nitrogens is 2. The Bertz CT molecular complexity index is 348. The van der Waals surface area contributed by atoms with Crippen molar-refractivity contribution in [3.8, 4) is 0 Å². The molecule has 0 aliphatic heterocycles. The van der Waals surface area contributed by atoms with Crippen molar-refractivity contribution in [2.45, 2.75) is 40.0 Å². The van der Waals surface area contributed by atoms with Gasteiger partial charge in [0, 0.05) is 12.9 Å². The van der Waals surface area contributed by atoms with E-state index in [1.165, 1.54) is 5.69 Å². The van der Waals surface area contributed by atoms with E-state index in [1.54, 1.807) is 0 Å². The molecule has 0 spiro atoms. The van der Waals surface area contributed by atoms with Gasteiger partial charge >= 0.3 is 0 Å². The zero-order valence-electron chi connectivity index (χ0n) is 10.5. The van der Waals surface area contributed by atoms with E-state index in [4.69, 9.17) is 11.6 Å². The first-order valence-corrected chi connectivity index (χ1v) is 7.06. The van der Waals surface area contributed by atoms with Crippen LogP contribution in [-0.2, 0) is 13.5 Å². The molecule has 16 heavy (non-hydrogen) atoms. The Balaban J connectivity index is 3.02. The van der Waals surface area contributed by atoms with Gasteiger partial charge in [-0.15, -0.1) is 11.6 Å². The third-order valence-corrected chi connectivity index (χ3v) is 5.19. The standard InChI is InChI=1S/C12H20BrClN2/c1-5-12(6-2,8-14)7-10-11(13)9(3)15-16(10)4/h5-8H2,1-4H3. The summed E-state index contributed by atoms with van der Waals surface area (Å²) >= 11 is 9.76. The van der Waals surface area contributed by atoms with E-state index in [0.29, 0.717) is 5.88 Å². The third kappa shape index (κ3) is 2.62. The van der Waals surface area contributed by atoms with Crippen LogP contribution in [0.5, 0.6) is 0 Å². The first kappa shape index (κ1) is 14.0. The molecule has 1 aromatic rings. The molecule has 2 nitrogen and oxygen atoms in total. The normalized spacial score (nSPS) is 12.1. The van der Waals surface area contributed by atoms with Gasteiger partial charge in [-0.1, -0.05) is 13.8 Å². The SMILES string of the molecule is CCC(CC)(CCl)Cc1c(Br)c(C)nn1C. The summed E-state index contributed by atoms with van der Waals surface area (Å²) in [5.41, 5.74) is 2.50. The van der Waals surface area contributed by atoms with E-state index in [9.17, 15) is 0 Å². The van der Waals surface area contributed by atoms with Crippen molar-refractivity contribution in [2.24, 2.45) is 12.5 Å². The Labute approximate surface area is 111 Å². The molecular weight excluding hydrogens is 288 g/mol. The second-order valence-electron chi connectivity index (χ2n) is 4.49. The van der Waals surface area contributed by atoms with Crippen LogP contribution < -0.4 is 0 Å². The van der Waals surface area contributed by atoms with E-state index in [2.05, 4.69) is 34.9 Å². The molecule has 0 fully saturated rings. The summed E-state index contributed by atoms with van der Waals surface area (Å²) in [6, 6.07) is 0. The zero-order chi connectivity index (χ0) is 12.3. The van der Waals surface area contributed by atoms with Gasteiger partial charge in [0.1, 0.15) is 0 Å². The number of halogens is 2. The maximum atomic E-state index is 6.14. The van der Waals surface area contributed by atoms with E-state index in [1.807, 2.05) is 18.7 Å². The van der Waals surface area contributed by atoms with Crippen LogP contribution in [-0.4, -0.2) is 15.7 Å². The predicted octanol–water partition coefficient (Wildman–Crippen LogP) is 4.08. The molecule has 1 aromatic heterocycles. The molecule has 0 amide bonds. The summed E-state index contributed by atoms with van der Waals surface area (Å²) in [6.45, 7) is 6.44. The maximum absolute atomic E-state index is 6.14. The molecule has 0 aliphatic carbocycles. The lowest BCUT2D eigenvalue weighted by molar-refractivity contribution is 0.294. The molecule has 0 atom stereocenters. The molecular formula is C12H20BrClN2. The first-order chi connectivity index (χ1) is 7.49. The summed E-state index contributed by atoms with van der Waals surface area (Å²) in [6.07, 6.45) is 3.19. The lowest BCUT2D eigenvalue weighted by Crippen LogP contribution is -2.25. The molecule has 0 saturated carbocycles. The largest absolute Gasteiger partial charge is 0.271 e. The van der Waals surface area contributed by atoms with Gasteiger partial charge in [-0.2, -0.15) is 5.10 Å². The highest BCUT2D eigenvalue weighted by Crippen LogP contribution is 2.35. The van der Waals surface area contributed by atoms with Crippen molar-refractivity contribution in [1.82, 2.24) is 9.78 Å². The van der Waals surface area contributed by atoms with Gasteiger partial charge in [0.25, 0.3) is 0 Å². The molecule has 0 radical (unpaired) electrons. The minimum absolute atomic E-state index is 0.199. The molecule has 0 aromatic carbocycles. The van der Waals surface area contributed by atoms with Crippen molar-refractivity contribution in [1.29, 1.82) is 0 Å². The van der Waals surface area contributed by atoms with Crippen molar-refractivity contribution in [3.05, 3.63) is 15.9 Å². The average molecular weight is 308 g/mol. The molecule has 1 heterocycles. The van der Waals surface area contributed by atoms with Crippen LogP contribution >= 0.6 is 27.5 Å². The molecule has 0 unspecified atom stereocenters. The van der Waals surface area contributed by atoms with Gasteiger partial charge in [-0.3, -0.25) is 4.68 Å². The molecule has 92 valence electrons. The molecule has 1 rings (SSSR count). The smallest absolute Gasteiger partial charge is 0.0738 e. The Morgan fingerprint density at radius 2 is 1.94 bits per heavy atom. The summed E-state index contributed by atoms with van der Waals surface area (Å²) in [7, 11) is 2.00. The Morgan fingerprint density at radius 3 is 2.25 bits per heavy atom. The second kappa shape index (κ2) is 5.54. The number of aryl methyl sites for hydroxylation is 2. The van der Waals surface area contributed by atoms with Crippen LogP contribution in [0.3, 0.4) is 0 Å². The molecule has 0 aliphatic rings. The average Bonchev–Trinajstić information content (AvgIpc) is 2.52. The number of nitrogens with zero attached hydrogens (tertiary/aromatic N) is 2. The fraction of sp³-hybridized carbons (Fsp3) is 0.750. The van der Waals surface area contributed by atoms with Crippen LogP contribution in [0.2, 0.25) is 0 Å². The van der Waals surface area contributed by atoms with Crippen molar-refractivity contribution in [2.75, 3.05) is 5.88 Å². The van der Waals surface area contributed by atoms with Crippen LogP contribution in [0, 0.1) is 12.3 Å². The minimum Gasteiger partial charge on any atom is -0.271 e. The van der Waals surface area contributed by atoms with Gasteiger partial charge in [-0.05, 0) is 47.5 Å². The van der Waals surface area contributed by atoms with Crippen LogP contribution in [0.25, 0.3) is 0 Å². The van der Waals surface area contributed by atoms with E-state index >= 15 is 0 Å². The van der Waals surface area contributed by atoms with Gasteiger partial charge in [0.05, 0.1) is 15.9 Å². The highest BCUT2D eigenvalue weighted by Gasteiger charge is 2.28. The van der Waals surface area contributed by atoms with Gasteiger partial charge in [0.15, 0.2) is 0 Å². The van der Waals surface area contributed by atoms with Crippen molar-refractivity contribution in [3.63, 3.8) is 0 Å². The Kier molecular flexibility index (Phi) is 4.87. The second-order valence-corrected chi connectivity index (χ2v) is 5.55. The first-order valence-electron chi connectivity index (χ1n) is 5.73. The highest BCUT2D eigenvalue weighted by atomic mass is 79.9. The van der Waals surface area contributed by atoms with E-state index in [0.717, 1.165) is 29.4 Å². The lowest BCUT2D eigenvalue weighted by atomic mass is 9.80. The zero-order valence-corrected chi connectivity index (χ0v) is 12.8.